The van der Waals surface area contributed by atoms with E-state index in [1.54, 1.807) is 0 Å². The molecule has 1 fully saturated rings. The Morgan fingerprint density at radius 3 is 0.523 bits per heavy atom. The van der Waals surface area contributed by atoms with Crippen molar-refractivity contribution >= 4 is 64.6 Å². The van der Waals surface area contributed by atoms with Crippen molar-refractivity contribution in [3.8, 4) is 33.4 Å². The second-order valence-corrected chi connectivity index (χ2v) is 31.9. The zero-order valence-corrected chi connectivity index (χ0v) is 80.7. The third-order valence-corrected chi connectivity index (χ3v) is 26.0. The lowest BCUT2D eigenvalue weighted by molar-refractivity contribution is 0.535. The molecule has 0 nitrogen and oxygen atoms in total. The van der Waals surface area contributed by atoms with Gasteiger partial charge in [-0.3, -0.25) is 0 Å². The molecule has 0 unspecified atom stereocenters. The standard InChI is InChI=1S/C41H26.C33H22.C25H18.C17H18.8C2H6/c1-3-15-35(16-4-1)41(36-17-5-2-6-18-36)39-25-33-21-29-13-9-7-11-27(29)19-31(33)23-37(39)38-24-32-20-28-12-8-10-14-30(28)22-34(32)26-40(38)41;1-3-15-27(16-4-1)33(28-17-5-2-6-18-28)31-21-25-13-9-7-11-23(25)19-29(31)30-20-24-12-8-10-14-26(24)22-32(30)33;1-3-11-19(12-4-1)25(20-13-5-2-6-14-20)23-17-9-7-15-21(23)22-16-8-10-18-24(22)25;1-3-9-15(10-4-1)17(13-7-8-14-17)16-11-5-2-6-12-16;8*1-2/h1-26H;1-22H;1-18H;1-6,9-12H,7-8,13-14H2;8*1-2H3. The van der Waals surface area contributed by atoms with E-state index in [-0.39, 0.29) is 16.2 Å². The number of hydrogen-bond acceptors (Lipinski definition) is 0. The zero-order chi connectivity index (χ0) is 93.0. The third kappa shape index (κ3) is 17.9. The summed E-state index contributed by atoms with van der Waals surface area (Å²) < 4.78 is 0. The van der Waals surface area contributed by atoms with E-state index in [0.717, 1.165) is 0 Å². The molecule has 0 bridgehead atoms. The number of hydrogen-bond donors (Lipinski definition) is 0. The van der Waals surface area contributed by atoms with Gasteiger partial charge in [-0.1, -0.05) is 512 Å². The van der Waals surface area contributed by atoms with E-state index >= 15 is 0 Å². The fraction of sp³-hybridized carbons (Fsp3) is 0.182. The first-order valence-corrected chi connectivity index (χ1v) is 49.1. The lowest BCUT2D eigenvalue weighted by atomic mass is 9.67. The summed E-state index contributed by atoms with van der Waals surface area (Å²) in [6, 6.07) is 169. The van der Waals surface area contributed by atoms with Crippen molar-refractivity contribution in [1.29, 1.82) is 0 Å². The Morgan fingerprint density at radius 2 is 0.288 bits per heavy atom. The van der Waals surface area contributed by atoms with Gasteiger partial charge in [-0.2, -0.15) is 0 Å². The molecule has 20 aromatic carbocycles. The molecule has 0 heterocycles. The largest absolute Gasteiger partial charge is 0.0714 e. The first-order chi connectivity index (χ1) is 65.5. The molecule has 0 amide bonds. The molecule has 1 saturated carbocycles. The normalized spacial score (nSPS) is 13.0. The first-order valence-electron chi connectivity index (χ1n) is 49.1. The number of benzene rings is 20. The molecule has 0 saturated heterocycles. The SMILES string of the molecule is CC.CC.CC.CC.CC.CC.CC.CC.c1ccc(C2(c3ccccc3)CCCC2)cc1.c1ccc(C2(c3ccccc3)c3cc4cc5ccccc5cc4cc3-c3cc4cc5ccccc5cc4cc32)cc1.c1ccc(C2(c3ccccc3)c3cc4ccccc4cc3-c3cc4ccccc4cc32)cc1.c1ccc(C2(c3ccccc3)c3ccccc3-c3ccccc32)cc1. The van der Waals surface area contributed by atoms with Crippen LogP contribution in [0.2, 0.25) is 0 Å². The maximum atomic E-state index is 2.47. The highest BCUT2D eigenvalue weighted by Gasteiger charge is 2.50. The second-order valence-electron chi connectivity index (χ2n) is 31.9. The first kappa shape index (κ1) is 95.5. The van der Waals surface area contributed by atoms with Crippen LogP contribution in [0.1, 0.15) is 214 Å². The average molecular weight is 1720 g/mol. The van der Waals surface area contributed by atoms with Crippen LogP contribution in [0.15, 0.2) is 461 Å². The third-order valence-electron chi connectivity index (χ3n) is 26.0. The van der Waals surface area contributed by atoms with Crippen LogP contribution in [0.4, 0.5) is 0 Å². The molecule has 0 radical (unpaired) electrons. The van der Waals surface area contributed by atoms with Gasteiger partial charge in [-0.25, -0.2) is 0 Å². The summed E-state index contributed by atoms with van der Waals surface area (Å²) in [6.07, 6.45) is 5.29. The van der Waals surface area contributed by atoms with Gasteiger partial charge in [0.05, 0.1) is 16.2 Å². The average Bonchev–Trinajstić information content (AvgIpc) is 1.64. The van der Waals surface area contributed by atoms with Crippen LogP contribution in [0.3, 0.4) is 0 Å². The highest BCUT2D eigenvalue weighted by molar-refractivity contribution is 6.07. The highest BCUT2D eigenvalue weighted by atomic mass is 14.5. The van der Waals surface area contributed by atoms with Crippen molar-refractivity contribution < 1.29 is 0 Å². The van der Waals surface area contributed by atoms with Crippen LogP contribution >= 0.6 is 0 Å². The fourth-order valence-electron chi connectivity index (χ4n) is 20.9. The van der Waals surface area contributed by atoms with Crippen LogP contribution in [-0.2, 0) is 21.7 Å². The molecule has 4 aliphatic carbocycles. The van der Waals surface area contributed by atoms with E-state index in [1.807, 2.05) is 111 Å². The summed E-state index contributed by atoms with van der Waals surface area (Å²) in [7, 11) is 0. The molecule has 0 N–H and O–H groups in total. The molecule has 0 heteroatoms. The molecule has 20 aromatic rings. The zero-order valence-electron chi connectivity index (χ0n) is 80.7. The van der Waals surface area contributed by atoms with E-state index in [1.165, 1.54) is 202 Å². The minimum absolute atomic E-state index is 0.254. The summed E-state index contributed by atoms with van der Waals surface area (Å²) in [5.74, 6) is 0. The molecule has 0 spiro atoms. The van der Waals surface area contributed by atoms with E-state index in [2.05, 4.69) is 461 Å². The van der Waals surface area contributed by atoms with E-state index in [4.69, 9.17) is 0 Å². The van der Waals surface area contributed by atoms with Gasteiger partial charge in [0.25, 0.3) is 0 Å². The molecule has 0 atom stereocenters. The fourth-order valence-corrected chi connectivity index (χ4v) is 20.9. The summed E-state index contributed by atoms with van der Waals surface area (Å²) in [5.41, 5.74) is 26.2. The molecule has 4 aliphatic rings. The Bertz CT molecular complexity index is 6610. The van der Waals surface area contributed by atoms with Crippen LogP contribution in [0.25, 0.3) is 98.0 Å². The van der Waals surface area contributed by atoms with Crippen LogP contribution < -0.4 is 0 Å². The van der Waals surface area contributed by atoms with Crippen molar-refractivity contribution in [1.82, 2.24) is 0 Å². The summed E-state index contributed by atoms with van der Waals surface area (Å²) in [6.45, 7) is 32.0. The van der Waals surface area contributed by atoms with Crippen LogP contribution in [0, 0.1) is 0 Å². The minimum atomic E-state index is -0.424. The van der Waals surface area contributed by atoms with Crippen molar-refractivity contribution in [3.05, 3.63) is 539 Å². The molecule has 0 aromatic heterocycles. The molecular formula is C132H132. The van der Waals surface area contributed by atoms with Crippen molar-refractivity contribution in [2.45, 2.75) is 158 Å². The highest BCUT2D eigenvalue weighted by Crippen LogP contribution is 2.61. The van der Waals surface area contributed by atoms with Gasteiger partial charge >= 0.3 is 0 Å². The molecule has 660 valence electrons. The van der Waals surface area contributed by atoms with E-state index in [0.29, 0.717) is 0 Å². The van der Waals surface area contributed by atoms with Crippen LogP contribution in [0.5, 0.6) is 0 Å². The van der Waals surface area contributed by atoms with Gasteiger partial charge in [-0.05, 0) is 262 Å². The lowest BCUT2D eigenvalue weighted by Crippen LogP contribution is -2.28. The maximum Gasteiger partial charge on any atom is 0.0714 e. The Kier molecular flexibility index (Phi) is 32.9. The number of fused-ring (bicyclic) bond motifs is 15. The van der Waals surface area contributed by atoms with Gasteiger partial charge in [0.15, 0.2) is 0 Å². The van der Waals surface area contributed by atoms with Crippen LogP contribution in [-0.4, -0.2) is 0 Å². The Balaban J connectivity index is 0.000000147. The predicted molar refractivity (Wildman–Crippen MR) is 579 cm³/mol. The quantitative estimate of drug-likeness (QED) is 0.133. The summed E-state index contributed by atoms with van der Waals surface area (Å²) >= 11 is 0. The molecule has 132 heavy (non-hydrogen) atoms. The van der Waals surface area contributed by atoms with Gasteiger partial charge < -0.3 is 0 Å². The topological polar surface area (TPSA) is 0 Å². The Labute approximate surface area is 789 Å². The van der Waals surface area contributed by atoms with Crippen molar-refractivity contribution in [2.75, 3.05) is 0 Å². The minimum Gasteiger partial charge on any atom is -0.0683 e. The van der Waals surface area contributed by atoms with Crippen molar-refractivity contribution in [2.24, 2.45) is 0 Å². The Hall–Kier alpha value is -14.0. The van der Waals surface area contributed by atoms with Gasteiger partial charge in [0.1, 0.15) is 0 Å². The smallest absolute Gasteiger partial charge is 0.0683 e. The maximum absolute atomic E-state index is 2.47. The molecule has 0 aliphatic heterocycles. The summed E-state index contributed by atoms with van der Waals surface area (Å²) in [4.78, 5) is 0. The summed E-state index contributed by atoms with van der Waals surface area (Å²) in [5, 5.41) is 15.4. The molecular weight excluding hydrogens is 1590 g/mol. The monoisotopic (exact) mass is 1720 g/mol. The van der Waals surface area contributed by atoms with Gasteiger partial charge in [0, 0.05) is 5.41 Å². The number of rotatable bonds is 8. The molecule has 24 rings (SSSR count). The predicted octanol–water partition coefficient (Wildman–Crippen LogP) is 37.8. The van der Waals surface area contributed by atoms with E-state index < -0.39 is 5.41 Å². The second kappa shape index (κ2) is 45.5. The van der Waals surface area contributed by atoms with E-state index in [9.17, 15) is 0 Å². The van der Waals surface area contributed by atoms with Gasteiger partial charge in [0.2, 0.25) is 0 Å². The Morgan fingerprint density at radius 1 is 0.129 bits per heavy atom. The van der Waals surface area contributed by atoms with Gasteiger partial charge in [-0.15, -0.1) is 0 Å². The lowest BCUT2D eigenvalue weighted by Gasteiger charge is -2.34. The van der Waals surface area contributed by atoms with Crippen molar-refractivity contribution in [3.63, 3.8) is 0 Å².